The van der Waals surface area contributed by atoms with Gasteiger partial charge in [0.2, 0.25) is 5.91 Å². The molecule has 0 aliphatic carbocycles. The third kappa shape index (κ3) is 9.40. The molecule has 3 amide bonds. The number of ether oxygens (including phenoxy) is 3. The monoisotopic (exact) mass is 709 g/mol. The van der Waals surface area contributed by atoms with Crippen molar-refractivity contribution in [3.8, 4) is 5.75 Å². The van der Waals surface area contributed by atoms with E-state index >= 15 is 0 Å². The Balaban J connectivity index is 1.09. The van der Waals surface area contributed by atoms with Crippen LogP contribution in [0.4, 0.5) is 4.79 Å². The lowest BCUT2D eigenvalue weighted by Gasteiger charge is -2.38. The third-order valence-corrected chi connectivity index (χ3v) is 9.21. The molecule has 0 aromatic heterocycles. The highest BCUT2D eigenvalue weighted by atomic mass is 16.7. The molecule has 12 heteroatoms. The molecule has 0 saturated carbocycles. The maximum Gasteiger partial charge on any atom is 0.408 e. The number of phenolic OH excluding ortho intramolecular Hbond substituents is 1. The molecule has 5 atom stereocenters. The topological polar surface area (TPSA) is 158 Å². The van der Waals surface area contributed by atoms with Crippen LogP contribution in [0.2, 0.25) is 0 Å². The molecule has 1 unspecified atom stereocenters. The second-order valence-corrected chi connectivity index (χ2v) is 13.2. The minimum atomic E-state index is -1.00. The number of nitrogens with one attached hydrogen (secondary N) is 1. The van der Waals surface area contributed by atoms with Crippen LogP contribution in [0.25, 0.3) is 0 Å². The van der Waals surface area contributed by atoms with Crippen molar-refractivity contribution in [3.63, 3.8) is 0 Å². The van der Waals surface area contributed by atoms with Gasteiger partial charge in [-0.15, -0.1) is 0 Å². The smallest absolute Gasteiger partial charge is 0.408 e. The van der Waals surface area contributed by atoms with Gasteiger partial charge in [0.25, 0.3) is 5.91 Å². The highest BCUT2D eigenvalue weighted by molar-refractivity contribution is 6.06. The van der Waals surface area contributed by atoms with Crippen LogP contribution in [0.3, 0.4) is 0 Å². The standard InChI is InChI=1S/C40H43N3O9/c1-42(23-35(46)31-8-5-9-32(45)18-31)22-33-19-36(29-14-12-27(24-44)13-15-29)52-39(51-33)30-16-10-26(11-17-30)21-43-37(47)20-34(38(43)48)41-40(49)50-25-28-6-3-2-4-7-28/h2-18,33-36,39,44-46H,19-25H2,1H3,(H,41,49)/t33-,34?,35+,36+,39+/m0/s1. The summed E-state index contributed by atoms with van der Waals surface area (Å²) < 4.78 is 18.1. The lowest BCUT2D eigenvalue weighted by atomic mass is 9.99. The summed E-state index contributed by atoms with van der Waals surface area (Å²) in [5.41, 5.74) is 4.60. The summed E-state index contributed by atoms with van der Waals surface area (Å²) in [6.07, 6.45) is -2.50. The van der Waals surface area contributed by atoms with E-state index < -0.39 is 36.3 Å². The fourth-order valence-electron chi connectivity index (χ4n) is 6.42. The van der Waals surface area contributed by atoms with Crippen LogP contribution in [0.15, 0.2) is 103 Å². The van der Waals surface area contributed by atoms with Gasteiger partial charge >= 0.3 is 6.09 Å². The normalized spacial score (nSPS) is 21.0. The first-order chi connectivity index (χ1) is 25.1. The Morgan fingerprint density at radius 1 is 0.923 bits per heavy atom. The van der Waals surface area contributed by atoms with Gasteiger partial charge in [0.05, 0.1) is 37.9 Å². The Labute approximate surface area is 302 Å². The molecule has 6 rings (SSSR count). The number of aliphatic hydroxyl groups excluding tert-OH is 2. The molecule has 2 aliphatic heterocycles. The summed E-state index contributed by atoms with van der Waals surface area (Å²) in [7, 11) is 1.90. The third-order valence-electron chi connectivity index (χ3n) is 9.21. The zero-order chi connectivity index (χ0) is 36.6. The molecule has 4 aromatic rings. The Kier molecular flexibility index (Phi) is 11.9. The molecule has 52 heavy (non-hydrogen) atoms. The second kappa shape index (κ2) is 16.9. The number of likely N-dealkylation sites (tertiary alicyclic amines) is 1. The van der Waals surface area contributed by atoms with Gasteiger partial charge in [-0.05, 0) is 47.0 Å². The minimum Gasteiger partial charge on any atom is -0.508 e. The Bertz CT molecular complexity index is 1820. The predicted octanol–water partition coefficient (Wildman–Crippen LogP) is 4.65. The summed E-state index contributed by atoms with van der Waals surface area (Å²) in [5.74, 6) is -0.800. The quantitative estimate of drug-likeness (QED) is 0.144. The molecule has 2 aliphatic rings. The summed E-state index contributed by atoms with van der Waals surface area (Å²) in [6, 6.07) is 29.6. The van der Waals surface area contributed by atoms with Gasteiger partial charge in [-0.1, -0.05) is 91.0 Å². The van der Waals surface area contributed by atoms with Gasteiger partial charge < -0.3 is 39.7 Å². The maximum absolute atomic E-state index is 13.1. The van der Waals surface area contributed by atoms with E-state index in [4.69, 9.17) is 14.2 Å². The molecule has 2 heterocycles. The van der Waals surface area contributed by atoms with E-state index in [0.29, 0.717) is 30.6 Å². The van der Waals surface area contributed by atoms with Crippen LogP contribution < -0.4 is 5.32 Å². The molecule has 0 radical (unpaired) electrons. The molecule has 4 aromatic carbocycles. The highest BCUT2D eigenvalue weighted by Gasteiger charge is 2.40. The van der Waals surface area contributed by atoms with Crippen LogP contribution in [0, 0.1) is 0 Å². The SMILES string of the molecule is CN(C[C@@H]1C[C@H](c2ccc(CO)cc2)O[C@H](c2ccc(CN3C(=O)CC(NC(=O)OCc4ccccc4)C3=O)cc2)O1)C[C@@H](O)c1cccc(O)c1. The molecule has 272 valence electrons. The largest absolute Gasteiger partial charge is 0.508 e. The number of alkyl carbamates (subject to hydrolysis) is 1. The molecule has 0 spiro atoms. The zero-order valence-electron chi connectivity index (χ0n) is 28.8. The Morgan fingerprint density at radius 2 is 1.63 bits per heavy atom. The molecular formula is C40H43N3O9. The number of aromatic hydroxyl groups is 1. The number of imide groups is 1. The minimum absolute atomic E-state index is 0.0380. The first-order valence-corrected chi connectivity index (χ1v) is 17.2. The van der Waals surface area contributed by atoms with Gasteiger partial charge in [0, 0.05) is 25.1 Å². The van der Waals surface area contributed by atoms with Gasteiger partial charge in [-0.3, -0.25) is 14.5 Å². The predicted molar refractivity (Wildman–Crippen MR) is 189 cm³/mol. The van der Waals surface area contributed by atoms with Crippen LogP contribution in [-0.2, 0) is 43.6 Å². The lowest BCUT2D eigenvalue weighted by Crippen LogP contribution is -2.41. The summed E-state index contributed by atoms with van der Waals surface area (Å²) in [6.45, 7) is 0.831. The molecule has 12 nitrogen and oxygen atoms in total. The molecule has 2 fully saturated rings. The van der Waals surface area contributed by atoms with E-state index in [-0.39, 0.29) is 44.1 Å². The number of hydrogen-bond acceptors (Lipinski definition) is 10. The van der Waals surface area contributed by atoms with Crippen molar-refractivity contribution in [2.75, 3.05) is 20.1 Å². The van der Waals surface area contributed by atoms with Crippen LogP contribution in [-0.4, -0.2) is 75.3 Å². The fourth-order valence-corrected chi connectivity index (χ4v) is 6.42. The van der Waals surface area contributed by atoms with Crippen LogP contribution in [0.1, 0.15) is 64.7 Å². The van der Waals surface area contributed by atoms with Crippen molar-refractivity contribution in [1.82, 2.24) is 15.1 Å². The summed E-state index contributed by atoms with van der Waals surface area (Å²) >= 11 is 0. The van der Waals surface area contributed by atoms with Gasteiger partial charge in [0.15, 0.2) is 6.29 Å². The summed E-state index contributed by atoms with van der Waals surface area (Å²) in [4.78, 5) is 41.4. The van der Waals surface area contributed by atoms with Crippen molar-refractivity contribution in [2.24, 2.45) is 0 Å². The average molecular weight is 710 g/mol. The van der Waals surface area contributed by atoms with E-state index in [9.17, 15) is 29.7 Å². The number of phenols is 1. The molecule has 4 N–H and O–H groups in total. The van der Waals surface area contributed by atoms with Gasteiger partial charge in [0.1, 0.15) is 18.4 Å². The van der Waals surface area contributed by atoms with Crippen molar-refractivity contribution < 1.29 is 43.9 Å². The Hall–Kier alpha value is -5.11. The van der Waals surface area contributed by atoms with E-state index in [1.54, 1.807) is 24.3 Å². The van der Waals surface area contributed by atoms with Crippen molar-refractivity contribution in [3.05, 3.63) is 137 Å². The number of carbonyl (C=O) groups excluding carboxylic acids is 3. The van der Waals surface area contributed by atoms with Crippen LogP contribution in [0.5, 0.6) is 5.75 Å². The van der Waals surface area contributed by atoms with Crippen molar-refractivity contribution >= 4 is 17.9 Å². The van der Waals surface area contributed by atoms with Gasteiger partial charge in [-0.25, -0.2) is 4.79 Å². The molecule has 0 bridgehead atoms. The number of rotatable bonds is 13. The molecule has 2 saturated heterocycles. The van der Waals surface area contributed by atoms with Crippen molar-refractivity contribution in [1.29, 1.82) is 0 Å². The second-order valence-electron chi connectivity index (χ2n) is 13.2. The number of likely N-dealkylation sites (N-methyl/N-ethyl adjacent to an activating group) is 1. The van der Waals surface area contributed by atoms with Crippen molar-refractivity contribution in [2.45, 2.75) is 63.2 Å². The average Bonchev–Trinajstić information content (AvgIpc) is 3.41. The first-order valence-electron chi connectivity index (χ1n) is 17.2. The van der Waals surface area contributed by atoms with Crippen LogP contribution >= 0.6 is 0 Å². The zero-order valence-corrected chi connectivity index (χ0v) is 28.8. The van der Waals surface area contributed by atoms with Gasteiger partial charge in [-0.2, -0.15) is 0 Å². The maximum atomic E-state index is 13.1. The van der Waals surface area contributed by atoms with E-state index in [1.807, 2.05) is 90.8 Å². The number of nitrogens with zero attached hydrogens (tertiary/aromatic N) is 2. The van der Waals surface area contributed by atoms with E-state index in [0.717, 1.165) is 27.2 Å². The number of aliphatic hydroxyl groups is 2. The lowest BCUT2D eigenvalue weighted by molar-refractivity contribution is -0.252. The molecular weight excluding hydrogens is 666 g/mol. The summed E-state index contributed by atoms with van der Waals surface area (Å²) in [5, 5.41) is 32.7. The number of hydrogen-bond donors (Lipinski definition) is 4. The highest BCUT2D eigenvalue weighted by Crippen LogP contribution is 2.38. The first kappa shape index (κ1) is 36.7. The number of carbonyl (C=O) groups is 3. The van der Waals surface area contributed by atoms with E-state index in [1.165, 1.54) is 0 Å². The van der Waals surface area contributed by atoms with E-state index in [2.05, 4.69) is 5.32 Å². The Morgan fingerprint density at radius 3 is 2.35 bits per heavy atom. The number of benzene rings is 4. The number of amides is 3. The fraction of sp³-hybridized carbons (Fsp3) is 0.325.